The molecule has 1 atom stereocenters. The van der Waals surface area contributed by atoms with E-state index in [9.17, 15) is 22.8 Å². The first-order valence-corrected chi connectivity index (χ1v) is 14.1. The second-order valence-electron chi connectivity index (χ2n) is 8.84. The highest BCUT2D eigenvalue weighted by atomic mass is 35.5. The van der Waals surface area contributed by atoms with Gasteiger partial charge in [0.05, 0.1) is 11.9 Å². The van der Waals surface area contributed by atoms with Crippen LogP contribution in [0.1, 0.15) is 28.4 Å². The average molecular weight is 556 g/mol. The Morgan fingerprint density at radius 1 is 0.921 bits per heavy atom. The monoisotopic (exact) mass is 555 g/mol. The smallest absolute Gasteiger partial charge is 0.244 e. The van der Waals surface area contributed by atoms with Crippen LogP contribution in [0.4, 0.5) is 5.69 Å². The number of nitrogens with zero attached hydrogens (tertiary/aromatic N) is 2. The molecule has 10 heteroatoms. The molecule has 0 unspecified atom stereocenters. The number of Topliss-reactive ketones (excluding diaryl/α,β-unsaturated/α-hetero) is 1. The van der Waals surface area contributed by atoms with Gasteiger partial charge in [0.25, 0.3) is 0 Å². The summed E-state index contributed by atoms with van der Waals surface area (Å²) in [6.07, 6.45) is 1.21. The molecule has 3 aromatic rings. The van der Waals surface area contributed by atoms with Crippen LogP contribution in [-0.2, 0) is 32.6 Å². The summed E-state index contributed by atoms with van der Waals surface area (Å²) < 4.78 is 26.5. The number of nitrogens with one attached hydrogen (secondary N) is 1. The molecule has 0 radical (unpaired) electrons. The third-order valence-corrected chi connectivity index (χ3v) is 7.40. The van der Waals surface area contributed by atoms with Gasteiger partial charge in [-0.3, -0.25) is 18.7 Å². The highest BCUT2D eigenvalue weighted by Crippen LogP contribution is 2.22. The van der Waals surface area contributed by atoms with Crippen LogP contribution in [0.25, 0.3) is 0 Å². The van der Waals surface area contributed by atoms with E-state index in [1.54, 1.807) is 36.4 Å². The van der Waals surface area contributed by atoms with Crippen LogP contribution < -0.4 is 9.62 Å². The fourth-order valence-corrected chi connectivity index (χ4v) is 4.97. The van der Waals surface area contributed by atoms with Crippen molar-refractivity contribution in [2.24, 2.45) is 0 Å². The lowest BCUT2D eigenvalue weighted by Gasteiger charge is -2.33. The summed E-state index contributed by atoms with van der Waals surface area (Å²) in [5.41, 5.74) is 2.05. The summed E-state index contributed by atoms with van der Waals surface area (Å²) >= 11 is 6.03. The van der Waals surface area contributed by atoms with Crippen molar-refractivity contribution in [1.29, 1.82) is 0 Å². The van der Waals surface area contributed by atoms with Gasteiger partial charge >= 0.3 is 0 Å². The van der Waals surface area contributed by atoms with Crippen LogP contribution in [-0.4, -0.2) is 56.8 Å². The van der Waals surface area contributed by atoms with Gasteiger partial charge in [-0.1, -0.05) is 66.2 Å². The Labute approximate surface area is 228 Å². The molecule has 3 rings (SSSR count). The summed E-state index contributed by atoms with van der Waals surface area (Å²) in [5, 5.41) is 3.15. The molecule has 3 aromatic carbocycles. The van der Waals surface area contributed by atoms with Gasteiger partial charge in [0.1, 0.15) is 12.6 Å². The highest BCUT2D eigenvalue weighted by Gasteiger charge is 2.32. The summed E-state index contributed by atoms with van der Waals surface area (Å²) in [6, 6.07) is 21.3. The standard InChI is InChI=1S/C28H30ClN3O5S/c1-20(33)23-10-7-11-25(17-23)32(38(3,36)37)19-27(34)31(18-22-12-14-24(29)15-13-22)26(28(35)30-2)16-21-8-5-4-6-9-21/h4-15,17,26H,16,18-19H2,1-3H3,(H,30,35)/t26-/m1/s1. The molecular weight excluding hydrogens is 526 g/mol. The van der Waals surface area contributed by atoms with Crippen molar-refractivity contribution in [1.82, 2.24) is 10.2 Å². The molecule has 0 heterocycles. The molecule has 0 bridgehead atoms. The first-order valence-electron chi connectivity index (χ1n) is 11.9. The number of benzene rings is 3. The SMILES string of the molecule is CNC(=O)[C@@H](Cc1ccccc1)N(Cc1ccc(Cl)cc1)C(=O)CN(c1cccc(C(C)=O)c1)S(C)(=O)=O. The minimum atomic E-state index is -3.92. The van der Waals surface area contributed by atoms with Crippen molar-refractivity contribution < 1.29 is 22.8 Å². The summed E-state index contributed by atoms with van der Waals surface area (Å²) in [5.74, 6) is -1.21. The van der Waals surface area contributed by atoms with Gasteiger partial charge in [0.15, 0.2) is 5.78 Å². The second kappa shape index (κ2) is 12.7. The quantitative estimate of drug-likeness (QED) is 0.363. The van der Waals surface area contributed by atoms with Gasteiger partial charge in [0, 0.05) is 30.6 Å². The van der Waals surface area contributed by atoms with Crippen LogP contribution in [0.3, 0.4) is 0 Å². The molecule has 8 nitrogen and oxygen atoms in total. The van der Waals surface area contributed by atoms with E-state index in [2.05, 4.69) is 5.32 Å². The van der Waals surface area contributed by atoms with Crippen molar-refractivity contribution in [2.75, 3.05) is 24.2 Å². The van der Waals surface area contributed by atoms with Crippen molar-refractivity contribution in [3.63, 3.8) is 0 Å². The number of halogens is 1. The Morgan fingerprint density at radius 3 is 2.16 bits per heavy atom. The van der Waals surface area contributed by atoms with Crippen molar-refractivity contribution in [3.05, 3.63) is 101 Å². The molecular formula is C28H30ClN3O5S. The van der Waals surface area contributed by atoms with Gasteiger partial charge in [0.2, 0.25) is 21.8 Å². The van der Waals surface area contributed by atoms with Crippen molar-refractivity contribution in [2.45, 2.75) is 25.9 Å². The molecule has 0 saturated carbocycles. The Bertz CT molecular complexity index is 1400. The van der Waals surface area contributed by atoms with E-state index in [4.69, 9.17) is 11.6 Å². The van der Waals surface area contributed by atoms with E-state index in [-0.39, 0.29) is 30.3 Å². The number of rotatable bonds is 11. The minimum absolute atomic E-state index is 0.0476. The normalized spacial score (nSPS) is 11.9. The van der Waals surface area contributed by atoms with Gasteiger partial charge in [-0.05, 0) is 42.3 Å². The summed E-state index contributed by atoms with van der Waals surface area (Å²) in [6.45, 7) is 0.864. The van der Waals surface area contributed by atoms with E-state index in [0.29, 0.717) is 16.1 Å². The number of anilines is 1. The van der Waals surface area contributed by atoms with E-state index in [1.165, 1.54) is 31.0 Å². The minimum Gasteiger partial charge on any atom is -0.357 e. The fourth-order valence-electron chi connectivity index (χ4n) is 4.00. The number of hydrogen-bond acceptors (Lipinski definition) is 5. The first kappa shape index (κ1) is 28.9. The number of amides is 2. The molecule has 0 spiro atoms. The number of sulfonamides is 1. The first-order chi connectivity index (χ1) is 18.0. The van der Waals surface area contributed by atoms with E-state index < -0.39 is 28.5 Å². The van der Waals surface area contributed by atoms with Gasteiger partial charge in [-0.15, -0.1) is 0 Å². The fraction of sp³-hybridized carbons (Fsp3) is 0.250. The third-order valence-electron chi connectivity index (χ3n) is 6.00. The lowest BCUT2D eigenvalue weighted by atomic mass is 10.0. The van der Waals surface area contributed by atoms with Gasteiger partial charge in [-0.2, -0.15) is 0 Å². The molecule has 0 saturated heterocycles. The van der Waals surface area contributed by atoms with Crippen LogP contribution in [0, 0.1) is 0 Å². The van der Waals surface area contributed by atoms with Gasteiger partial charge in [-0.25, -0.2) is 8.42 Å². The van der Waals surface area contributed by atoms with E-state index in [1.807, 2.05) is 30.3 Å². The number of carbonyl (C=O) groups is 3. The zero-order valence-electron chi connectivity index (χ0n) is 21.4. The maximum Gasteiger partial charge on any atom is 0.244 e. The molecule has 0 aliphatic rings. The summed E-state index contributed by atoms with van der Waals surface area (Å²) in [7, 11) is -2.43. The largest absolute Gasteiger partial charge is 0.357 e. The van der Waals surface area contributed by atoms with Crippen LogP contribution in [0.5, 0.6) is 0 Å². The molecule has 0 aliphatic carbocycles. The van der Waals surface area contributed by atoms with Crippen LogP contribution in [0.15, 0.2) is 78.9 Å². The second-order valence-corrected chi connectivity index (χ2v) is 11.2. The van der Waals surface area contributed by atoms with E-state index >= 15 is 0 Å². The Morgan fingerprint density at radius 2 is 1.58 bits per heavy atom. The third kappa shape index (κ3) is 7.66. The Balaban J connectivity index is 2.03. The van der Waals surface area contributed by atoms with Crippen LogP contribution >= 0.6 is 11.6 Å². The molecule has 2 amide bonds. The molecule has 1 N–H and O–H groups in total. The average Bonchev–Trinajstić information content (AvgIpc) is 2.89. The highest BCUT2D eigenvalue weighted by molar-refractivity contribution is 7.92. The molecule has 0 fully saturated rings. The molecule has 200 valence electrons. The molecule has 38 heavy (non-hydrogen) atoms. The lowest BCUT2D eigenvalue weighted by molar-refractivity contribution is -0.139. The predicted octanol–water partition coefficient (Wildman–Crippen LogP) is 3.69. The lowest BCUT2D eigenvalue weighted by Crippen LogP contribution is -2.52. The zero-order valence-corrected chi connectivity index (χ0v) is 23.0. The van der Waals surface area contributed by atoms with E-state index in [0.717, 1.165) is 16.1 Å². The Kier molecular flexibility index (Phi) is 9.66. The molecule has 0 aliphatic heterocycles. The number of ketones is 1. The van der Waals surface area contributed by atoms with Crippen molar-refractivity contribution >= 4 is 44.9 Å². The maximum atomic E-state index is 13.9. The topological polar surface area (TPSA) is 104 Å². The van der Waals surface area contributed by atoms with Crippen molar-refractivity contribution in [3.8, 4) is 0 Å². The Hall–Kier alpha value is -3.69. The number of carbonyl (C=O) groups excluding carboxylic acids is 3. The maximum absolute atomic E-state index is 13.9. The zero-order chi connectivity index (χ0) is 27.9. The van der Waals surface area contributed by atoms with Gasteiger partial charge < -0.3 is 10.2 Å². The number of hydrogen-bond donors (Lipinski definition) is 1. The number of likely N-dealkylation sites (N-methyl/N-ethyl adjacent to an activating group) is 1. The summed E-state index contributed by atoms with van der Waals surface area (Å²) in [4.78, 5) is 40.2. The predicted molar refractivity (Wildman–Crippen MR) is 149 cm³/mol. The molecule has 0 aromatic heterocycles. The van der Waals surface area contributed by atoms with Crippen LogP contribution in [0.2, 0.25) is 5.02 Å².